The van der Waals surface area contributed by atoms with E-state index in [9.17, 15) is 18.0 Å². The summed E-state index contributed by atoms with van der Waals surface area (Å²) in [5, 5.41) is 1.88. The van der Waals surface area contributed by atoms with Gasteiger partial charge >= 0.3 is 10.5 Å². The van der Waals surface area contributed by atoms with E-state index < -0.39 is 22.4 Å². The summed E-state index contributed by atoms with van der Waals surface area (Å²) in [4.78, 5) is 21.5. The maximum absolute atomic E-state index is 11.4. The second kappa shape index (κ2) is 6.54. The first-order valence-corrected chi connectivity index (χ1v) is 5.75. The number of hydrogen-bond acceptors (Lipinski definition) is 5. The van der Waals surface area contributed by atoms with Crippen molar-refractivity contribution in [3.8, 4) is 0 Å². The predicted molar refractivity (Wildman–Crippen MR) is 59.5 cm³/mol. The second-order valence-corrected chi connectivity index (χ2v) is 3.80. The minimum atomic E-state index is -2.70. The van der Waals surface area contributed by atoms with Crippen LogP contribution in [0.1, 0.15) is 5.56 Å². The van der Waals surface area contributed by atoms with E-state index in [4.69, 9.17) is 0 Å². The Kier molecular flexibility index (Phi) is 5.02. The van der Waals surface area contributed by atoms with Gasteiger partial charge in [0.05, 0.1) is 0 Å². The molecule has 0 fully saturated rings. The lowest BCUT2D eigenvalue weighted by Crippen LogP contribution is -2.33. The van der Waals surface area contributed by atoms with Crippen LogP contribution >= 0.6 is 0 Å². The predicted octanol–water partition coefficient (Wildman–Crippen LogP) is -0.0670. The molecule has 0 spiro atoms. The molecule has 1 aromatic rings. The lowest BCUT2D eigenvalue weighted by Gasteiger charge is -2.07. The fourth-order valence-corrected chi connectivity index (χ4v) is 1.65. The SMILES string of the molecule is O=CNC(=O)[C@H](Cc1ccccc1)N=S(=O)=O. The summed E-state index contributed by atoms with van der Waals surface area (Å²) in [7, 11) is -2.70. The highest BCUT2D eigenvalue weighted by molar-refractivity contribution is 7.61. The summed E-state index contributed by atoms with van der Waals surface area (Å²) < 4.78 is 24.2. The fraction of sp³-hybridized carbons (Fsp3) is 0.200. The topological polar surface area (TPSA) is 92.7 Å². The van der Waals surface area contributed by atoms with Crippen LogP contribution in [0.4, 0.5) is 0 Å². The summed E-state index contributed by atoms with van der Waals surface area (Å²) in [6, 6.07) is 7.68. The van der Waals surface area contributed by atoms with Crippen molar-refractivity contribution in [3.63, 3.8) is 0 Å². The molecule has 0 aromatic heterocycles. The third kappa shape index (κ3) is 4.56. The fourth-order valence-electron chi connectivity index (χ4n) is 1.27. The number of nitrogens with one attached hydrogen (secondary N) is 1. The number of nitrogens with zero attached hydrogens (tertiary/aromatic N) is 1. The van der Waals surface area contributed by atoms with Crippen molar-refractivity contribution in [2.24, 2.45) is 4.36 Å². The molecule has 1 rings (SSSR count). The third-order valence-corrected chi connectivity index (χ3v) is 2.42. The van der Waals surface area contributed by atoms with E-state index in [1.54, 1.807) is 30.3 Å². The second-order valence-electron chi connectivity index (χ2n) is 3.15. The molecule has 0 saturated carbocycles. The molecule has 0 unspecified atom stereocenters. The Hall–Kier alpha value is -2.02. The van der Waals surface area contributed by atoms with Crippen molar-refractivity contribution in [2.45, 2.75) is 12.5 Å². The normalized spacial score (nSPS) is 11.3. The summed E-state index contributed by atoms with van der Waals surface area (Å²) in [6.07, 6.45) is 0.318. The zero-order chi connectivity index (χ0) is 12.7. The van der Waals surface area contributed by atoms with Crippen molar-refractivity contribution in [2.75, 3.05) is 0 Å². The number of amides is 2. The Bertz CT molecular complexity index is 516. The number of imide groups is 1. The summed E-state index contributed by atoms with van der Waals surface area (Å²) >= 11 is 0. The van der Waals surface area contributed by atoms with Gasteiger partial charge in [-0.1, -0.05) is 30.3 Å². The highest BCUT2D eigenvalue weighted by Crippen LogP contribution is 2.06. The van der Waals surface area contributed by atoms with E-state index in [1.165, 1.54) is 0 Å². The van der Waals surface area contributed by atoms with E-state index in [-0.39, 0.29) is 12.8 Å². The van der Waals surface area contributed by atoms with Gasteiger partial charge in [0.25, 0.3) is 5.91 Å². The van der Waals surface area contributed by atoms with Crippen LogP contribution in [0.5, 0.6) is 0 Å². The summed E-state index contributed by atoms with van der Waals surface area (Å²) in [6.45, 7) is 0. The lowest BCUT2D eigenvalue weighted by molar-refractivity contribution is -0.126. The van der Waals surface area contributed by atoms with Gasteiger partial charge < -0.3 is 0 Å². The smallest absolute Gasteiger partial charge is 0.297 e. The molecule has 1 N–H and O–H groups in total. The molecule has 7 heteroatoms. The van der Waals surface area contributed by atoms with E-state index >= 15 is 0 Å². The van der Waals surface area contributed by atoms with Gasteiger partial charge in [-0.05, 0) is 5.56 Å². The maximum Gasteiger partial charge on any atom is 0.311 e. The van der Waals surface area contributed by atoms with E-state index in [0.717, 1.165) is 5.56 Å². The summed E-state index contributed by atoms with van der Waals surface area (Å²) in [5.41, 5.74) is 0.757. The zero-order valence-corrected chi connectivity index (χ0v) is 9.55. The number of benzene rings is 1. The van der Waals surface area contributed by atoms with E-state index in [0.29, 0.717) is 0 Å². The zero-order valence-electron chi connectivity index (χ0n) is 8.74. The molecule has 90 valence electrons. The molecule has 0 aliphatic heterocycles. The Labute approximate surface area is 99.4 Å². The first-order chi connectivity index (χ1) is 8.13. The third-order valence-electron chi connectivity index (χ3n) is 1.99. The van der Waals surface area contributed by atoms with Gasteiger partial charge in [0.1, 0.15) is 0 Å². The molecule has 0 saturated heterocycles. The largest absolute Gasteiger partial charge is 0.311 e. The van der Waals surface area contributed by atoms with Crippen LogP contribution in [0.15, 0.2) is 34.7 Å². The molecular weight excluding hydrogens is 244 g/mol. The molecule has 0 aliphatic rings. The monoisotopic (exact) mass is 254 g/mol. The van der Waals surface area contributed by atoms with E-state index in [2.05, 4.69) is 4.36 Å². The number of carbonyl (C=O) groups excluding carboxylic acids is 2. The maximum atomic E-state index is 11.4. The highest BCUT2D eigenvalue weighted by atomic mass is 32.2. The Balaban J connectivity index is 2.88. The molecule has 0 bridgehead atoms. The average Bonchev–Trinajstić information content (AvgIpc) is 2.29. The van der Waals surface area contributed by atoms with Gasteiger partial charge in [0, 0.05) is 6.42 Å². The van der Waals surface area contributed by atoms with Gasteiger partial charge in [-0.25, -0.2) is 0 Å². The van der Waals surface area contributed by atoms with Crippen molar-refractivity contribution in [1.29, 1.82) is 0 Å². The number of rotatable bonds is 5. The molecule has 6 nitrogen and oxygen atoms in total. The Morgan fingerprint density at radius 2 is 2.00 bits per heavy atom. The summed E-state index contributed by atoms with van der Waals surface area (Å²) in [5.74, 6) is -0.743. The molecule has 0 heterocycles. The Morgan fingerprint density at radius 3 is 2.53 bits per heavy atom. The van der Waals surface area contributed by atoms with Gasteiger partial charge in [-0.2, -0.15) is 12.8 Å². The molecule has 0 aliphatic carbocycles. The van der Waals surface area contributed by atoms with Crippen molar-refractivity contribution in [1.82, 2.24) is 5.32 Å². The highest BCUT2D eigenvalue weighted by Gasteiger charge is 2.18. The molecule has 2 amide bonds. The van der Waals surface area contributed by atoms with Crippen LogP contribution < -0.4 is 5.32 Å². The van der Waals surface area contributed by atoms with Crippen molar-refractivity contribution in [3.05, 3.63) is 35.9 Å². The molecule has 1 aromatic carbocycles. The number of hydrogen-bond donors (Lipinski definition) is 1. The van der Waals surface area contributed by atoms with Crippen LogP contribution in [-0.2, 0) is 26.5 Å². The lowest BCUT2D eigenvalue weighted by atomic mass is 10.1. The molecular formula is C10H10N2O4S. The van der Waals surface area contributed by atoms with Gasteiger partial charge in [0.2, 0.25) is 6.41 Å². The van der Waals surface area contributed by atoms with Crippen LogP contribution in [0, 0.1) is 0 Å². The average molecular weight is 254 g/mol. The minimum absolute atomic E-state index is 0.120. The van der Waals surface area contributed by atoms with Crippen LogP contribution in [0.2, 0.25) is 0 Å². The molecule has 0 radical (unpaired) electrons. The van der Waals surface area contributed by atoms with E-state index in [1.807, 2.05) is 5.32 Å². The minimum Gasteiger partial charge on any atom is -0.297 e. The van der Waals surface area contributed by atoms with Crippen LogP contribution in [-0.4, -0.2) is 26.8 Å². The standard InChI is InChI=1S/C10H10N2O4S/c13-7-11-10(14)9(12-17(15)16)6-8-4-2-1-3-5-8/h1-5,7,9H,6H2,(H,11,13,14)/t9-/m0/s1. The molecule has 17 heavy (non-hydrogen) atoms. The molecule has 1 atom stereocenters. The van der Waals surface area contributed by atoms with Crippen LogP contribution in [0.3, 0.4) is 0 Å². The van der Waals surface area contributed by atoms with Gasteiger partial charge in [-0.3, -0.25) is 14.9 Å². The van der Waals surface area contributed by atoms with Crippen molar-refractivity contribution < 1.29 is 18.0 Å². The van der Waals surface area contributed by atoms with Crippen molar-refractivity contribution >= 4 is 22.8 Å². The van der Waals surface area contributed by atoms with Crippen LogP contribution in [0.25, 0.3) is 0 Å². The number of carbonyl (C=O) groups is 2. The van der Waals surface area contributed by atoms with Gasteiger partial charge in [0.15, 0.2) is 6.04 Å². The quantitative estimate of drug-likeness (QED) is 0.744. The Morgan fingerprint density at radius 1 is 1.35 bits per heavy atom. The first kappa shape index (κ1) is 13.0. The van der Waals surface area contributed by atoms with Gasteiger partial charge in [-0.15, -0.1) is 0 Å². The first-order valence-electron chi connectivity index (χ1n) is 4.71.